The van der Waals surface area contributed by atoms with Crippen molar-refractivity contribution in [2.24, 2.45) is 0 Å². The van der Waals surface area contributed by atoms with E-state index in [1.807, 2.05) is 54.7 Å². The van der Waals surface area contributed by atoms with E-state index >= 15 is 0 Å². The summed E-state index contributed by atoms with van der Waals surface area (Å²) >= 11 is 0. The van der Waals surface area contributed by atoms with Gasteiger partial charge in [-0.2, -0.15) is 5.26 Å². The highest BCUT2D eigenvalue weighted by molar-refractivity contribution is 5.94. The van der Waals surface area contributed by atoms with Crippen LogP contribution in [0.5, 0.6) is 0 Å². The largest absolute Gasteiger partial charge is 0.478 e. The van der Waals surface area contributed by atoms with E-state index in [-0.39, 0.29) is 11.6 Å². The predicted molar refractivity (Wildman–Crippen MR) is 224 cm³/mol. The van der Waals surface area contributed by atoms with Crippen molar-refractivity contribution in [2.45, 2.75) is 38.5 Å². The van der Waals surface area contributed by atoms with Gasteiger partial charge in [-0.1, -0.05) is 0 Å². The van der Waals surface area contributed by atoms with E-state index < -0.39 is 5.97 Å². The summed E-state index contributed by atoms with van der Waals surface area (Å²) in [6.45, 7) is 10.2. The van der Waals surface area contributed by atoms with Crippen LogP contribution in [0.1, 0.15) is 52.7 Å². The zero-order chi connectivity index (χ0) is 39.6. The fraction of sp³-hybridized carbons (Fsp3) is 0.348. The fourth-order valence-corrected chi connectivity index (χ4v) is 8.04. The molecule has 8 rings (SSSR count). The van der Waals surface area contributed by atoms with E-state index in [0.717, 1.165) is 125 Å². The molecule has 2 aromatic heterocycles. The van der Waals surface area contributed by atoms with Gasteiger partial charge in [0.15, 0.2) is 0 Å². The van der Waals surface area contributed by atoms with Crippen LogP contribution in [0, 0.1) is 23.0 Å². The van der Waals surface area contributed by atoms with Crippen LogP contribution < -0.4 is 9.80 Å². The summed E-state index contributed by atoms with van der Waals surface area (Å²) in [5, 5.41) is 20.5. The van der Waals surface area contributed by atoms with Crippen LogP contribution in [-0.2, 0) is 12.8 Å². The molecule has 57 heavy (non-hydrogen) atoms. The number of benzene rings is 4. The summed E-state index contributed by atoms with van der Waals surface area (Å²) in [6.07, 6.45) is 10.5. The van der Waals surface area contributed by atoms with Gasteiger partial charge in [0.05, 0.1) is 17.2 Å². The van der Waals surface area contributed by atoms with Crippen molar-refractivity contribution in [2.75, 3.05) is 75.2 Å². The molecule has 0 bridgehead atoms. The molecule has 2 aliphatic heterocycles. The minimum absolute atomic E-state index is 0.179. The number of aryl methyl sites for hydroxylation is 2. The first-order valence-electron chi connectivity index (χ1n) is 20.1. The van der Waals surface area contributed by atoms with Crippen LogP contribution in [0.2, 0.25) is 0 Å². The Morgan fingerprint density at radius 3 is 1.53 bits per heavy atom. The van der Waals surface area contributed by atoms with E-state index in [1.54, 1.807) is 12.1 Å². The maximum Gasteiger partial charge on any atom is 0.335 e. The first kappa shape index (κ1) is 39.5. The van der Waals surface area contributed by atoms with Gasteiger partial charge in [-0.05, 0) is 148 Å². The molecule has 0 unspecified atom stereocenters. The van der Waals surface area contributed by atoms with Crippen LogP contribution in [0.25, 0.3) is 21.8 Å². The number of nitriles is 1. The first-order valence-corrected chi connectivity index (χ1v) is 20.1. The normalized spacial score (nSPS) is 15.1. The SMILES string of the molecule is N#Cc1ccc2[nH]cc(CCCCN3CCN(c4ccc(F)cc4)CC3)c2c1.O=C(O)c1ccc2[nH]cc(CCCCN3CCN(c4ccc(F)cc4)CC3)c2c1. The predicted octanol–water partition coefficient (Wildman–Crippen LogP) is 8.47. The molecule has 0 spiro atoms. The van der Waals surface area contributed by atoms with Crippen LogP contribution in [0.4, 0.5) is 20.2 Å². The number of unbranched alkanes of at least 4 members (excludes halogenated alkanes) is 2. The molecule has 4 heterocycles. The number of piperazine rings is 2. The molecule has 0 radical (unpaired) electrons. The van der Waals surface area contributed by atoms with E-state index in [4.69, 9.17) is 5.26 Å². The van der Waals surface area contributed by atoms with Crippen molar-refractivity contribution in [3.05, 3.63) is 131 Å². The molecule has 6 aromatic rings. The zero-order valence-corrected chi connectivity index (χ0v) is 32.4. The molecule has 9 nitrogen and oxygen atoms in total. The topological polar surface area (TPSA) is 106 Å². The number of aromatic amines is 2. The second-order valence-electron chi connectivity index (χ2n) is 15.1. The Morgan fingerprint density at radius 1 is 0.614 bits per heavy atom. The maximum absolute atomic E-state index is 13.1. The van der Waals surface area contributed by atoms with Gasteiger partial charge in [0, 0.05) is 97.9 Å². The molecule has 296 valence electrons. The van der Waals surface area contributed by atoms with Gasteiger partial charge in [0.25, 0.3) is 0 Å². The third-order valence-electron chi connectivity index (χ3n) is 11.4. The number of nitrogens with one attached hydrogen (secondary N) is 2. The van der Waals surface area contributed by atoms with Crippen LogP contribution >= 0.6 is 0 Å². The highest BCUT2D eigenvalue weighted by atomic mass is 19.1. The number of carbonyl (C=O) groups is 1. The summed E-state index contributed by atoms with van der Waals surface area (Å²) in [5.41, 5.74) is 7.82. The Kier molecular flexibility index (Phi) is 13.1. The summed E-state index contributed by atoms with van der Waals surface area (Å²) in [6, 6.07) is 26.8. The Balaban J connectivity index is 0.000000174. The first-order chi connectivity index (χ1) is 27.8. The molecule has 3 N–H and O–H groups in total. The highest BCUT2D eigenvalue weighted by Gasteiger charge is 2.18. The summed E-state index contributed by atoms with van der Waals surface area (Å²) < 4.78 is 26.1. The van der Waals surface area contributed by atoms with Crippen molar-refractivity contribution in [1.82, 2.24) is 19.8 Å². The lowest BCUT2D eigenvalue weighted by Crippen LogP contribution is -2.46. The van der Waals surface area contributed by atoms with Gasteiger partial charge in [-0.15, -0.1) is 0 Å². The number of carboxylic acids is 1. The second kappa shape index (κ2) is 19.0. The molecule has 0 amide bonds. The highest BCUT2D eigenvalue weighted by Crippen LogP contribution is 2.24. The molecule has 0 saturated carbocycles. The molecular formula is C46H51F2N7O2. The quantitative estimate of drug-likeness (QED) is 0.101. The van der Waals surface area contributed by atoms with Gasteiger partial charge in [0.2, 0.25) is 0 Å². The van der Waals surface area contributed by atoms with Gasteiger partial charge in [0.1, 0.15) is 11.6 Å². The molecule has 2 saturated heterocycles. The number of anilines is 2. The Labute approximate surface area is 333 Å². The molecule has 0 aliphatic carbocycles. The minimum Gasteiger partial charge on any atom is -0.478 e. The monoisotopic (exact) mass is 771 g/mol. The lowest BCUT2D eigenvalue weighted by Gasteiger charge is -2.36. The van der Waals surface area contributed by atoms with Gasteiger partial charge < -0.3 is 24.9 Å². The summed E-state index contributed by atoms with van der Waals surface area (Å²) in [4.78, 5) is 27.4. The third-order valence-corrected chi connectivity index (χ3v) is 11.4. The van der Waals surface area contributed by atoms with Crippen LogP contribution in [-0.4, -0.2) is 96.3 Å². The van der Waals surface area contributed by atoms with E-state index in [1.165, 1.54) is 47.2 Å². The van der Waals surface area contributed by atoms with Crippen LogP contribution in [0.15, 0.2) is 97.3 Å². The van der Waals surface area contributed by atoms with E-state index in [0.29, 0.717) is 11.1 Å². The summed E-state index contributed by atoms with van der Waals surface area (Å²) in [5.74, 6) is -1.26. The molecule has 4 aromatic carbocycles. The van der Waals surface area contributed by atoms with Crippen molar-refractivity contribution < 1.29 is 18.7 Å². The molecule has 2 fully saturated rings. The lowest BCUT2D eigenvalue weighted by atomic mass is 10.0. The average Bonchev–Trinajstić information content (AvgIpc) is 3.85. The minimum atomic E-state index is -0.890. The van der Waals surface area contributed by atoms with Crippen molar-refractivity contribution >= 4 is 39.1 Å². The number of rotatable bonds is 13. The number of hydrogen-bond acceptors (Lipinski definition) is 6. The maximum atomic E-state index is 13.1. The number of H-pyrrole nitrogens is 2. The number of nitrogens with zero attached hydrogens (tertiary/aromatic N) is 5. The molecule has 11 heteroatoms. The van der Waals surface area contributed by atoms with Crippen molar-refractivity contribution in [3.8, 4) is 6.07 Å². The van der Waals surface area contributed by atoms with Crippen molar-refractivity contribution in [1.29, 1.82) is 5.26 Å². The number of aromatic nitrogens is 2. The van der Waals surface area contributed by atoms with Crippen molar-refractivity contribution in [3.63, 3.8) is 0 Å². The smallest absolute Gasteiger partial charge is 0.335 e. The van der Waals surface area contributed by atoms with E-state index in [9.17, 15) is 18.7 Å². The molecule has 0 atom stereocenters. The average molecular weight is 772 g/mol. The standard InChI is InChI=1S/C23H25FN4.C23H26FN3O2/c24-20-5-7-21(8-6-20)28-13-11-27(12-14-28)10-2-1-3-19-17-26-23-9-4-18(16-25)15-22(19)23;24-19-5-7-20(8-6-19)27-13-11-26(12-14-27)10-2-1-3-18-16-25-22-9-4-17(23(28)29)15-21(18)22/h4-9,15,17,26H,1-3,10-14H2;4-9,15-16,25H,1-3,10-14H2,(H,28,29). The Hall–Kier alpha value is -5.70. The Bertz CT molecular complexity index is 2260. The fourth-order valence-electron chi connectivity index (χ4n) is 8.04. The summed E-state index contributed by atoms with van der Waals surface area (Å²) in [7, 11) is 0. The number of carboxylic acid groups (broad SMARTS) is 1. The van der Waals surface area contributed by atoms with E-state index in [2.05, 4.69) is 41.8 Å². The number of hydrogen-bond donors (Lipinski definition) is 3. The number of fused-ring (bicyclic) bond motifs is 2. The van der Waals surface area contributed by atoms with Gasteiger partial charge in [-0.25, -0.2) is 13.6 Å². The number of aromatic carboxylic acids is 1. The lowest BCUT2D eigenvalue weighted by molar-refractivity contribution is 0.0697. The molecule has 2 aliphatic rings. The zero-order valence-electron chi connectivity index (χ0n) is 32.4. The van der Waals surface area contributed by atoms with Gasteiger partial charge in [-0.3, -0.25) is 9.80 Å². The number of halogens is 2. The second-order valence-corrected chi connectivity index (χ2v) is 15.1. The molecular weight excluding hydrogens is 721 g/mol. The van der Waals surface area contributed by atoms with Crippen LogP contribution in [0.3, 0.4) is 0 Å². The Morgan fingerprint density at radius 2 is 1.07 bits per heavy atom. The van der Waals surface area contributed by atoms with Gasteiger partial charge >= 0.3 is 5.97 Å². The third kappa shape index (κ3) is 10.4.